The number of aromatic nitrogens is 1. The average molecular weight is 465 g/mol. The Morgan fingerprint density at radius 3 is 2.55 bits per heavy atom. The second kappa shape index (κ2) is 10.9. The van der Waals surface area contributed by atoms with Crippen molar-refractivity contribution in [1.82, 2.24) is 14.4 Å². The lowest BCUT2D eigenvalue weighted by atomic mass is 9.86. The quantitative estimate of drug-likeness (QED) is 0.452. The predicted octanol–water partition coefficient (Wildman–Crippen LogP) is 4.48. The molecule has 0 amide bonds. The third-order valence-corrected chi connectivity index (χ3v) is 8.90. The minimum atomic E-state index is -3.26. The number of sulfonamides is 1. The maximum Gasteiger partial charge on any atom is 0.216 e. The maximum absolute atomic E-state index is 12.3. The molecule has 0 bridgehead atoms. The van der Waals surface area contributed by atoms with Crippen molar-refractivity contribution in [3.8, 4) is 10.4 Å². The van der Waals surface area contributed by atoms with Crippen LogP contribution in [0.2, 0.25) is 0 Å². The Morgan fingerprint density at radius 2 is 1.87 bits per heavy atom. The number of anilines is 1. The summed E-state index contributed by atoms with van der Waals surface area (Å²) in [5.74, 6) is 0.638. The molecule has 3 N–H and O–H groups in total. The van der Waals surface area contributed by atoms with Crippen LogP contribution in [0.15, 0.2) is 36.5 Å². The van der Waals surface area contributed by atoms with Crippen molar-refractivity contribution in [2.45, 2.75) is 63.7 Å². The highest BCUT2D eigenvalue weighted by Crippen LogP contribution is 2.26. The van der Waals surface area contributed by atoms with Crippen LogP contribution < -0.4 is 15.4 Å². The summed E-state index contributed by atoms with van der Waals surface area (Å²) in [4.78, 5) is 1.19. The van der Waals surface area contributed by atoms with Crippen molar-refractivity contribution in [3.05, 3.63) is 36.5 Å². The number of hydrogen-bond donors (Lipinski definition) is 3. The molecule has 0 spiro atoms. The third-order valence-electron chi connectivity index (χ3n) is 5.85. The number of hydrogen-bond acceptors (Lipinski definition) is 6. The summed E-state index contributed by atoms with van der Waals surface area (Å²) in [6.45, 7) is 8.17. The monoisotopic (exact) mass is 464 g/mol. The molecule has 2 aromatic rings. The molecule has 1 aromatic heterocycles. The van der Waals surface area contributed by atoms with E-state index in [0.717, 1.165) is 57.4 Å². The zero-order chi connectivity index (χ0) is 22.3. The molecule has 0 unspecified atom stereocenters. The largest absolute Gasteiger partial charge is 0.385 e. The number of nitrogens with one attached hydrogen (secondary N) is 3. The fourth-order valence-corrected chi connectivity index (χ4v) is 5.40. The molecule has 8 heteroatoms. The van der Waals surface area contributed by atoms with Gasteiger partial charge in [-0.15, -0.1) is 0 Å². The number of benzene rings is 1. The van der Waals surface area contributed by atoms with Gasteiger partial charge >= 0.3 is 0 Å². The molecule has 6 nitrogen and oxygen atoms in total. The van der Waals surface area contributed by atoms with E-state index >= 15 is 0 Å². The molecule has 1 saturated carbocycles. The van der Waals surface area contributed by atoms with Gasteiger partial charge in [0.2, 0.25) is 10.0 Å². The highest BCUT2D eigenvalue weighted by Gasteiger charge is 2.32. The molecular formula is C23H36N4O2S2. The zero-order valence-electron chi connectivity index (χ0n) is 18.9. The molecule has 3 rings (SSSR count). The Balaban J connectivity index is 1.28. The molecule has 172 valence electrons. The molecule has 1 fully saturated rings. The van der Waals surface area contributed by atoms with Crippen LogP contribution in [-0.2, 0) is 10.0 Å². The van der Waals surface area contributed by atoms with Gasteiger partial charge < -0.3 is 10.6 Å². The van der Waals surface area contributed by atoms with Crippen LogP contribution >= 0.6 is 11.5 Å². The van der Waals surface area contributed by atoms with E-state index < -0.39 is 14.8 Å². The lowest BCUT2D eigenvalue weighted by Gasteiger charge is -2.31. The van der Waals surface area contributed by atoms with E-state index in [9.17, 15) is 8.42 Å². The summed E-state index contributed by atoms with van der Waals surface area (Å²) in [5.41, 5.74) is 2.34. The Kier molecular flexibility index (Phi) is 8.50. The van der Waals surface area contributed by atoms with Crippen LogP contribution in [0.4, 0.5) is 5.69 Å². The van der Waals surface area contributed by atoms with Gasteiger partial charge in [-0.25, -0.2) is 17.5 Å². The van der Waals surface area contributed by atoms with E-state index in [-0.39, 0.29) is 6.04 Å². The molecule has 0 atom stereocenters. The van der Waals surface area contributed by atoms with Crippen LogP contribution in [0.5, 0.6) is 0 Å². The van der Waals surface area contributed by atoms with Gasteiger partial charge in [0.15, 0.2) is 0 Å². The Hall–Kier alpha value is -1.48. The van der Waals surface area contributed by atoms with Gasteiger partial charge in [0, 0.05) is 24.5 Å². The third kappa shape index (κ3) is 7.27. The van der Waals surface area contributed by atoms with Crippen LogP contribution in [0.3, 0.4) is 0 Å². The second-order valence-corrected chi connectivity index (χ2v) is 12.7. The lowest BCUT2D eigenvalue weighted by molar-refractivity contribution is 0.302. The molecule has 1 aliphatic rings. The van der Waals surface area contributed by atoms with Gasteiger partial charge in [-0.05, 0) is 107 Å². The van der Waals surface area contributed by atoms with Crippen molar-refractivity contribution in [2.75, 3.05) is 25.0 Å². The molecule has 1 aliphatic carbocycles. The van der Waals surface area contributed by atoms with Crippen molar-refractivity contribution >= 4 is 27.2 Å². The van der Waals surface area contributed by atoms with Crippen LogP contribution in [0.1, 0.15) is 52.9 Å². The first-order valence-electron chi connectivity index (χ1n) is 11.2. The van der Waals surface area contributed by atoms with Gasteiger partial charge in [-0.3, -0.25) is 0 Å². The highest BCUT2D eigenvalue weighted by molar-refractivity contribution is 7.90. The first kappa shape index (κ1) is 24.2. The van der Waals surface area contributed by atoms with Crippen molar-refractivity contribution in [3.63, 3.8) is 0 Å². The Labute approximate surface area is 191 Å². The first-order chi connectivity index (χ1) is 14.7. The predicted molar refractivity (Wildman–Crippen MR) is 131 cm³/mol. The SMILES string of the molecule is CC(C)(C)S(=O)(=O)NC1CCC(CNCCCNc2cccc(-c3ccns3)c2)CC1. The van der Waals surface area contributed by atoms with Gasteiger partial charge in [0.1, 0.15) is 0 Å². The molecule has 0 saturated heterocycles. The Bertz CT molecular complexity index is 900. The summed E-state index contributed by atoms with van der Waals surface area (Å²) >= 11 is 1.52. The van der Waals surface area contributed by atoms with Gasteiger partial charge in [0.25, 0.3) is 0 Å². The zero-order valence-corrected chi connectivity index (χ0v) is 20.5. The minimum Gasteiger partial charge on any atom is -0.385 e. The van der Waals surface area contributed by atoms with E-state index in [1.165, 1.54) is 22.0 Å². The van der Waals surface area contributed by atoms with E-state index in [4.69, 9.17) is 0 Å². The number of rotatable bonds is 10. The number of nitrogens with zero attached hydrogens (tertiary/aromatic N) is 1. The summed E-state index contributed by atoms with van der Waals surface area (Å²) in [7, 11) is -3.26. The summed E-state index contributed by atoms with van der Waals surface area (Å²) in [6, 6.07) is 10.6. The average Bonchev–Trinajstić information content (AvgIpc) is 3.26. The van der Waals surface area contributed by atoms with E-state index in [1.807, 2.05) is 12.3 Å². The fourth-order valence-electron chi connectivity index (χ4n) is 3.78. The van der Waals surface area contributed by atoms with Crippen molar-refractivity contribution in [2.24, 2.45) is 5.92 Å². The van der Waals surface area contributed by atoms with Crippen molar-refractivity contribution in [1.29, 1.82) is 0 Å². The normalized spacial score (nSPS) is 20.0. The maximum atomic E-state index is 12.3. The highest BCUT2D eigenvalue weighted by atomic mass is 32.2. The van der Waals surface area contributed by atoms with Crippen LogP contribution in [0.25, 0.3) is 10.4 Å². The Morgan fingerprint density at radius 1 is 1.10 bits per heavy atom. The fraction of sp³-hybridized carbons (Fsp3) is 0.609. The van der Waals surface area contributed by atoms with E-state index in [0.29, 0.717) is 5.92 Å². The van der Waals surface area contributed by atoms with Gasteiger partial charge in [-0.1, -0.05) is 12.1 Å². The van der Waals surface area contributed by atoms with Gasteiger partial charge in [-0.2, -0.15) is 0 Å². The van der Waals surface area contributed by atoms with Gasteiger partial charge in [0.05, 0.1) is 9.62 Å². The topological polar surface area (TPSA) is 83.1 Å². The molecule has 1 heterocycles. The van der Waals surface area contributed by atoms with Crippen LogP contribution in [-0.4, -0.2) is 43.2 Å². The lowest BCUT2D eigenvalue weighted by Crippen LogP contribution is -2.46. The summed E-state index contributed by atoms with van der Waals surface area (Å²) < 4.78 is 31.0. The second-order valence-electron chi connectivity index (χ2n) is 9.39. The van der Waals surface area contributed by atoms with E-state index in [1.54, 1.807) is 20.8 Å². The summed E-state index contributed by atoms with van der Waals surface area (Å²) in [5, 5.41) is 7.08. The standard InChI is InChI=1S/C23H36N4O2S2/c1-23(2,3)31(28,29)27-20-10-8-18(9-11-20)17-24-13-5-14-25-21-7-4-6-19(16-21)22-12-15-26-30-22/h4,6-7,12,15-16,18,20,24-25,27H,5,8-11,13-14,17H2,1-3H3. The van der Waals surface area contributed by atoms with Crippen LogP contribution in [0, 0.1) is 5.92 Å². The summed E-state index contributed by atoms with van der Waals surface area (Å²) in [6.07, 6.45) is 6.91. The minimum absolute atomic E-state index is 0.0883. The van der Waals surface area contributed by atoms with Crippen molar-refractivity contribution < 1.29 is 8.42 Å². The molecule has 1 aromatic carbocycles. The molecular weight excluding hydrogens is 428 g/mol. The molecule has 0 radical (unpaired) electrons. The molecule has 0 aliphatic heterocycles. The molecule has 31 heavy (non-hydrogen) atoms. The van der Waals surface area contributed by atoms with E-state index in [2.05, 4.69) is 44.0 Å². The smallest absolute Gasteiger partial charge is 0.216 e. The first-order valence-corrected chi connectivity index (χ1v) is 13.5.